The van der Waals surface area contributed by atoms with Crippen molar-refractivity contribution in [3.05, 3.63) is 53.4 Å². The minimum Gasteiger partial charge on any atom is -0.478 e. The second kappa shape index (κ2) is 4.77. The van der Waals surface area contributed by atoms with Crippen LogP contribution in [0.3, 0.4) is 0 Å². The molecule has 0 aliphatic rings. The van der Waals surface area contributed by atoms with Gasteiger partial charge in [-0.15, -0.1) is 11.3 Å². The largest absolute Gasteiger partial charge is 0.478 e. The summed E-state index contributed by atoms with van der Waals surface area (Å²) in [5, 5.41) is 10.5. The van der Waals surface area contributed by atoms with E-state index in [9.17, 15) is 4.79 Å². The van der Waals surface area contributed by atoms with E-state index in [0.29, 0.717) is 0 Å². The fourth-order valence-electron chi connectivity index (χ4n) is 1.37. The van der Waals surface area contributed by atoms with E-state index >= 15 is 0 Å². The minimum absolute atomic E-state index is 0.891. The molecular formula is C13H10O2S. The van der Waals surface area contributed by atoms with Crippen LogP contribution in [0.15, 0.2) is 47.9 Å². The third-order valence-electron chi connectivity index (χ3n) is 2.13. The molecule has 0 amide bonds. The summed E-state index contributed by atoms with van der Waals surface area (Å²) in [5.41, 5.74) is 2.05. The zero-order valence-corrected chi connectivity index (χ0v) is 9.28. The molecule has 2 aromatic rings. The van der Waals surface area contributed by atoms with Gasteiger partial charge < -0.3 is 5.11 Å². The van der Waals surface area contributed by atoms with E-state index in [1.807, 2.05) is 35.7 Å². The van der Waals surface area contributed by atoms with Gasteiger partial charge in [-0.2, -0.15) is 0 Å². The molecule has 0 saturated carbocycles. The molecule has 0 radical (unpaired) electrons. The van der Waals surface area contributed by atoms with Crippen molar-refractivity contribution in [1.82, 2.24) is 0 Å². The highest BCUT2D eigenvalue weighted by atomic mass is 32.1. The summed E-state index contributed by atoms with van der Waals surface area (Å²) in [4.78, 5) is 11.6. The number of hydrogen-bond donors (Lipinski definition) is 1. The van der Waals surface area contributed by atoms with Gasteiger partial charge in [-0.3, -0.25) is 0 Å². The van der Waals surface area contributed by atoms with Crippen molar-refractivity contribution in [3.8, 4) is 10.4 Å². The lowest BCUT2D eigenvalue weighted by molar-refractivity contribution is -0.131. The lowest BCUT2D eigenvalue weighted by Crippen LogP contribution is -1.85. The molecule has 3 heteroatoms. The summed E-state index contributed by atoms with van der Waals surface area (Å²) in [6.45, 7) is 0. The van der Waals surface area contributed by atoms with Gasteiger partial charge in [-0.05, 0) is 28.6 Å². The van der Waals surface area contributed by atoms with Gasteiger partial charge in [0.1, 0.15) is 0 Å². The maximum atomic E-state index is 10.3. The van der Waals surface area contributed by atoms with Gasteiger partial charge in [-0.25, -0.2) is 4.79 Å². The van der Waals surface area contributed by atoms with Crippen molar-refractivity contribution < 1.29 is 9.90 Å². The van der Waals surface area contributed by atoms with Crippen molar-refractivity contribution in [3.63, 3.8) is 0 Å². The van der Waals surface area contributed by atoms with Crippen LogP contribution in [0, 0.1) is 0 Å². The molecule has 0 unspecified atom stereocenters. The van der Waals surface area contributed by atoms with E-state index in [2.05, 4.69) is 6.07 Å². The number of carbonyl (C=O) groups is 1. The molecule has 16 heavy (non-hydrogen) atoms. The molecule has 0 spiro atoms. The summed E-state index contributed by atoms with van der Waals surface area (Å²) in [7, 11) is 0. The molecule has 0 saturated heterocycles. The number of aliphatic carboxylic acids is 1. The van der Waals surface area contributed by atoms with Crippen LogP contribution in [0.2, 0.25) is 0 Å². The Morgan fingerprint density at radius 1 is 1.19 bits per heavy atom. The Hall–Kier alpha value is -1.87. The van der Waals surface area contributed by atoms with Gasteiger partial charge in [0.15, 0.2) is 0 Å². The lowest BCUT2D eigenvalue weighted by atomic mass is 10.1. The van der Waals surface area contributed by atoms with Gasteiger partial charge in [0.25, 0.3) is 0 Å². The zero-order chi connectivity index (χ0) is 11.4. The highest BCUT2D eigenvalue weighted by Gasteiger charge is 1.97. The average molecular weight is 230 g/mol. The molecule has 1 N–H and O–H groups in total. The van der Waals surface area contributed by atoms with Crippen molar-refractivity contribution in [2.24, 2.45) is 0 Å². The summed E-state index contributed by atoms with van der Waals surface area (Å²) >= 11 is 1.69. The Kier molecular flexibility index (Phi) is 3.17. The monoisotopic (exact) mass is 230 g/mol. The Morgan fingerprint density at radius 3 is 2.50 bits per heavy atom. The van der Waals surface area contributed by atoms with Gasteiger partial charge in [0, 0.05) is 11.0 Å². The van der Waals surface area contributed by atoms with Crippen LogP contribution < -0.4 is 0 Å². The summed E-state index contributed by atoms with van der Waals surface area (Å²) in [5.74, 6) is -0.928. The second-order valence-electron chi connectivity index (χ2n) is 3.27. The first-order valence-electron chi connectivity index (χ1n) is 4.80. The molecule has 1 aromatic carbocycles. The van der Waals surface area contributed by atoms with Gasteiger partial charge in [0.05, 0.1) is 0 Å². The van der Waals surface area contributed by atoms with Crippen molar-refractivity contribution in [2.75, 3.05) is 0 Å². The first-order valence-corrected chi connectivity index (χ1v) is 5.68. The van der Waals surface area contributed by atoms with Crippen molar-refractivity contribution in [1.29, 1.82) is 0 Å². The Labute approximate surface area is 97.5 Å². The van der Waals surface area contributed by atoms with Crippen LogP contribution in [0.25, 0.3) is 16.5 Å². The predicted molar refractivity (Wildman–Crippen MR) is 66.4 cm³/mol. The molecule has 0 bridgehead atoms. The Balaban J connectivity index is 2.20. The van der Waals surface area contributed by atoms with E-state index in [-0.39, 0.29) is 0 Å². The van der Waals surface area contributed by atoms with Crippen LogP contribution in [0.1, 0.15) is 5.56 Å². The van der Waals surface area contributed by atoms with E-state index < -0.39 is 5.97 Å². The smallest absolute Gasteiger partial charge is 0.328 e. The average Bonchev–Trinajstić information content (AvgIpc) is 2.80. The van der Waals surface area contributed by atoms with E-state index in [1.165, 1.54) is 4.88 Å². The molecule has 2 nitrogen and oxygen atoms in total. The summed E-state index contributed by atoms with van der Waals surface area (Å²) < 4.78 is 0. The van der Waals surface area contributed by atoms with E-state index in [1.54, 1.807) is 17.4 Å². The SMILES string of the molecule is O=C(O)C=Cc1ccc(-c2cccs2)cc1. The van der Waals surface area contributed by atoms with Crippen LogP contribution in [-0.4, -0.2) is 11.1 Å². The third kappa shape index (κ3) is 2.58. The number of rotatable bonds is 3. The molecule has 0 atom stereocenters. The maximum Gasteiger partial charge on any atom is 0.328 e. The summed E-state index contributed by atoms with van der Waals surface area (Å²) in [6, 6.07) is 11.9. The van der Waals surface area contributed by atoms with Gasteiger partial charge in [-0.1, -0.05) is 30.3 Å². The molecular weight excluding hydrogens is 220 g/mol. The van der Waals surface area contributed by atoms with Crippen LogP contribution >= 0.6 is 11.3 Å². The number of benzene rings is 1. The van der Waals surface area contributed by atoms with Crippen molar-refractivity contribution in [2.45, 2.75) is 0 Å². The number of thiophene rings is 1. The predicted octanol–water partition coefficient (Wildman–Crippen LogP) is 3.51. The van der Waals surface area contributed by atoms with E-state index in [4.69, 9.17) is 5.11 Å². The molecule has 0 aliphatic heterocycles. The molecule has 2 rings (SSSR count). The Bertz CT molecular complexity index is 495. The standard InChI is InChI=1S/C13H10O2S/c14-13(15)8-5-10-3-6-11(7-4-10)12-2-1-9-16-12/h1-9H,(H,14,15). The third-order valence-corrected chi connectivity index (χ3v) is 3.05. The molecule has 1 heterocycles. The highest BCUT2D eigenvalue weighted by Crippen LogP contribution is 2.24. The lowest BCUT2D eigenvalue weighted by Gasteiger charge is -1.97. The maximum absolute atomic E-state index is 10.3. The second-order valence-corrected chi connectivity index (χ2v) is 4.22. The van der Waals surface area contributed by atoms with Crippen LogP contribution in [-0.2, 0) is 4.79 Å². The van der Waals surface area contributed by atoms with Gasteiger partial charge >= 0.3 is 5.97 Å². The minimum atomic E-state index is -0.928. The quantitative estimate of drug-likeness (QED) is 0.819. The van der Waals surface area contributed by atoms with Crippen molar-refractivity contribution >= 4 is 23.4 Å². The fraction of sp³-hybridized carbons (Fsp3) is 0. The van der Waals surface area contributed by atoms with Gasteiger partial charge in [0.2, 0.25) is 0 Å². The number of carboxylic acid groups (broad SMARTS) is 1. The molecule has 1 aromatic heterocycles. The first kappa shape index (κ1) is 10.6. The fourth-order valence-corrected chi connectivity index (χ4v) is 2.10. The van der Waals surface area contributed by atoms with Crippen LogP contribution in [0.4, 0.5) is 0 Å². The molecule has 0 aliphatic carbocycles. The first-order chi connectivity index (χ1) is 7.75. The zero-order valence-electron chi connectivity index (χ0n) is 8.46. The normalized spacial score (nSPS) is 10.8. The number of carboxylic acids is 1. The van der Waals surface area contributed by atoms with Crippen LogP contribution in [0.5, 0.6) is 0 Å². The van der Waals surface area contributed by atoms with E-state index in [0.717, 1.165) is 17.2 Å². The Morgan fingerprint density at radius 2 is 1.94 bits per heavy atom. The highest BCUT2D eigenvalue weighted by molar-refractivity contribution is 7.13. The molecule has 80 valence electrons. The number of hydrogen-bond acceptors (Lipinski definition) is 2. The molecule has 0 fully saturated rings. The topological polar surface area (TPSA) is 37.3 Å². The summed E-state index contributed by atoms with van der Waals surface area (Å²) in [6.07, 6.45) is 2.72.